The Balaban J connectivity index is 1.37. The molecular weight excluding hydrogens is 342 g/mol. The number of fused-ring (bicyclic) bond motifs is 1. The van der Waals surface area contributed by atoms with E-state index >= 15 is 0 Å². The molecule has 4 rings (SSSR count). The number of amides is 2. The molecule has 3 N–H and O–H groups in total. The van der Waals surface area contributed by atoms with Crippen molar-refractivity contribution in [2.24, 2.45) is 0 Å². The summed E-state index contributed by atoms with van der Waals surface area (Å²) >= 11 is 0. The highest BCUT2D eigenvalue weighted by molar-refractivity contribution is 5.74. The number of carbonyl (C=O) groups excluding carboxylic acids is 1. The number of hydrogen-bond acceptors (Lipinski definition) is 3. The molecule has 1 aromatic carbocycles. The van der Waals surface area contributed by atoms with Gasteiger partial charge in [-0.15, -0.1) is 0 Å². The van der Waals surface area contributed by atoms with Crippen LogP contribution in [0.1, 0.15) is 35.8 Å². The molecule has 1 saturated heterocycles. The first kappa shape index (κ1) is 17.0. The molecule has 1 unspecified atom stereocenters. The van der Waals surface area contributed by atoms with Gasteiger partial charge in [0.25, 0.3) is 0 Å². The van der Waals surface area contributed by atoms with Gasteiger partial charge in [-0.05, 0) is 42.5 Å². The van der Waals surface area contributed by atoms with Gasteiger partial charge in [0.15, 0.2) is 11.6 Å². The van der Waals surface area contributed by atoms with Crippen LogP contribution in [0.5, 0.6) is 0 Å². The maximum Gasteiger partial charge on any atom is 0.315 e. The van der Waals surface area contributed by atoms with Gasteiger partial charge >= 0.3 is 6.03 Å². The molecule has 0 spiro atoms. The first-order valence-corrected chi connectivity index (χ1v) is 8.75. The van der Waals surface area contributed by atoms with Crippen molar-refractivity contribution in [3.8, 4) is 0 Å². The third kappa shape index (κ3) is 3.41. The zero-order valence-electron chi connectivity index (χ0n) is 14.1. The van der Waals surface area contributed by atoms with Crippen LogP contribution in [0, 0.1) is 11.6 Å². The van der Waals surface area contributed by atoms with E-state index in [1.54, 1.807) is 0 Å². The predicted molar refractivity (Wildman–Crippen MR) is 89.5 cm³/mol. The second kappa shape index (κ2) is 7.03. The summed E-state index contributed by atoms with van der Waals surface area (Å²) in [7, 11) is 0. The van der Waals surface area contributed by atoms with E-state index in [2.05, 4.69) is 20.8 Å². The smallest absolute Gasteiger partial charge is 0.315 e. The molecule has 1 aliphatic carbocycles. The Morgan fingerprint density at radius 1 is 1.23 bits per heavy atom. The Morgan fingerprint density at radius 3 is 2.96 bits per heavy atom. The molecule has 2 aliphatic rings. The third-order valence-corrected chi connectivity index (χ3v) is 5.04. The first-order chi connectivity index (χ1) is 12.6. The fourth-order valence-corrected chi connectivity index (χ4v) is 3.68. The zero-order chi connectivity index (χ0) is 18.1. The highest BCUT2D eigenvalue weighted by Gasteiger charge is 2.32. The van der Waals surface area contributed by atoms with E-state index in [4.69, 9.17) is 4.74 Å². The number of aromatic nitrogens is 2. The molecular formula is C18H20F2N4O2. The minimum atomic E-state index is -0.918. The normalized spacial score (nSPS) is 24.9. The topological polar surface area (TPSA) is 79.0 Å². The summed E-state index contributed by atoms with van der Waals surface area (Å²) in [6.07, 6.45) is 4.41. The second-order valence-electron chi connectivity index (χ2n) is 6.79. The number of H-pyrrole nitrogens is 1. The monoisotopic (exact) mass is 362 g/mol. The number of aromatic amines is 1. The Bertz CT molecular complexity index is 810. The third-order valence-electron chi connectivity index (χ3n) is 5.04. The number of urea groups is 1. The molecule has 1 aliphatic heterocycles. The van der Waals surface area contributed by atoms with Crippen LogP contribution in [-0.4, -0.2) is 34.9 Å². The summed E-state index contributed by atoms with van der Waals surface area (Å²) < 4.78 is 32.2. The van der Waals surface area contributed by atoms with E-state index in [-0.39, 0.29) is 18.1 Å². The summed E-state index contributed by atoms with van der Waals surface area (Å²) in [6, 6.07) is 3.16. The largest absolute Gasteiger partial charge is 0.371 e. The Labute approximate surface area is 149 Å². The molecule has 2 aromatic rings. The summed E-state index contributed by atoms with van der Waals surface area (Å²) in [5.41, 5.74) is 2.78. The van der Waals surface area contributed by atoms with Crippen LogP contribution in [-0.2, 0) is 17.6 Å². The average molecular weight is 362 g/mol. The Kier molecular flexibility index (Phi) is 4.58. The second-order valence-corrected chi connectivity index (χ2v) is 6.79. The molecule has 1 fully saturated rings. The minimum absolute atomic E-state index is 0.0342. The summed E-state index contributed by atoms with van der Waals surface area (Å²) in [4.78, 5) is 12.4. The number of rotatable bonds is 3. The van der Waals surface area contributed by atoms with Crippen LogP contribution < -0.4 is 10.6 Å². The maximum atomic E-state index is 13.5. The highest BCUT2D eigenvalue weighted by Crippen LogP contribution is 2.30. The first-order valence-electron chi connectivity index (χ1n) is 8.75. The molecule has 138 valence electrons. The summed E-state index contributed by atoms with van der Waals surface area (Å²) in [6.45, 7) is 0.454. The van der Waals surface area contributed by atoms with Crippen molar-refractivity contribution in [1.29, 1.82) is 0 Å². The standard InChI is InChI=1S/C18H20F2N4O2/c19-13-4-2-10(7-14(13)20)17-15(5-6-26-17)23-18(25)22-12-3-1-11-9-21-24-16(11)8-12/h2,4,7,9,12,15,17H,1,3,5-6,8H2,(H,21,24)(H2,22,23,25)/t12?,15-,17+/m1/s1. The van der Waals surface area contributed by atoms with Crippen molar-refractivity contribution in [2.45, 2.75) is 43.9 Å². The van der Waals surface area contributed by atoms with E-state index < -0.39 is 17.7 Å². The fraction of sp³-hybridized carbons (Fsp3) is 0.444. The van der Waals surface area contributed by atoms with Crippen LogP contribution in [0.15, 0.2) is 24.4 Å². The Morgan fingerprint density at radius 2 is 2.12 bits per heavy atom. The summed E-state index contributed by atoms with van der Waals surface area (Å²) in [5, 5.41) is 12.9. The number of ether oxygens (including phenoxy) is 1. The lowest BCUT2D eigenvalue weighted by Gasteiger charge is -2.25. The lowest BCUT2D eigenvalue weighted by Crippen LogP contribution is -2.48. The van der Waals surface area contributed by atoms with Crippen molar-refractivity contribution < 1.29 is 18.3 Å². The number of nitrogens with one attached hydrogen (secondary N) is 3. The van der Waals surface area contributed by atoms with Crippen LogP contribution in [0.2, 0.25) is 0 Å². The lowest BCUT2D eigenvalue weighted by atomic mass is 9.94. The molecule has 0 saturated carbocycles. The molecule has 8 heteroatoms. The van der Waals surface area contributed by atoms with Crippen molar-refractivity contribution in [3.63, 3.8) is 0 Å². The minimum Gasteiger partial charge on any atom is -0.371 e. The number of halogens is 2. The molecule has 2 heterocycles. The predicted octanol–water partition coefficient (Wildman–Crippen LogP) is 2.37. The van der Waals surface area contributed by atoms with Gasteiger partial charge in [0.1, 0.15) is 6.10 Å². The van der Waals surface area contributed by atoms with Crippen molar-refractivity contribution in [3.05, 3.63) is 52.9 Å². The number of hydrogen-bond donors (Lipinski definition) is 3. The van der Waals surface area contributed by atoms with Crippen LogP contribution in [0.3, 0.4) is 0 Å². The zero-order valence-corrected chi connectivity index (χ0v) is 14.1. The fourth-order valence-electron chi connectivity index (χ4n) is 3.68. The average Bonchev–Trinajstić information content (AvgIpc) is 3.26. The lowest BCUT2D eigenvalue weighted by molar-refractivity contribution is 0.0994. The van der Waals surface area contributed by atoms with E-state index in [0.29, 0.717) is 18.6 Å². The number of nitrogens with zero attached hydrogens (tertiary/aromatic N) is 1. The highest BCUT2D eigenvalue weighted by atomic mass is 19.2. The quantitative estimate of drug-likeness (QED) is 0.784. The molecule has 1 aromatic heterocycles. The summed E-state index contributed by atoms with van der Waals surface area (Å²) in [5.74, 6) is -1.82. The Hall–Kier alpha value is -2.48. The van der Waals surface area contributed by atoms with Gasteiger partial charge in [0.2, 0.25) is 0 Å². The van der Waals surface area contributed by atoms with E-state index in [1.807, 2.05) is 6.20 Å². The van der Waals surface area contributed by atoms with E-state index in [0.717, 1.165) is 37.1 Å². The molecule has 2 amide bonds. The molecule has 3 atom stereocenters. The molecule has 0 bridgehead atoms. The number of aryl methyl sites for hydroxylation is 1. The van der Waals surface area contributed by atoms with E-state index in [1.165, 1.54) is 11.6 Å². The van der Waals surface area contributed by atoms with Gasteiger partial charge in [-0.3, -0.25) is 5.10 Å². The van der Waals surface area contributed by atoms with Gasteiger partial charge in [0, 0.05) is 24.8 Å². The molecule has 0 radical (unpaired) electrons. The van der Waals surface area contributed by atoms with Gasteiger partial charge in [-0.25, -0.2) is 13.6 Å². The molecule has 26 heavy (non-hydrogen) atoms. The van der Waals surface area contributed by atoms with E-state index in [9.17, 15) is 13.6 Å². The van der Waals surface area contributed by atoms with Crippen molar-refractivity contribution in [1.82, 2.24) is 20.8 Å². The number of benzene rings is 1. The van der Waals surface area contributed by atoms with Crippen LogP contribution >= 0.6 is 0 Å². The van der Waals surface area contributed by atoms with Gasteiger partial charge in [-0.1, -0.05) is 6.07 Å². The molecule has 6 nitrogen and oxygen atoms in total. The van der Waals surface area contributed by atoms with Crippen LogP contribution in [0.25, 0.3) is 0 Å². The maximum absolute atomic E-state index is 13.5. The van der Waals surface area contributed by atoms with Gasteiger partial charge in [-0.2, -0.15) is 5.10 Å². The number of carbonyl (C=O) groups is 1. The SMILES string of the molecule is O=C(NC1CCc2cn[nH]c2C1)N[C@@H]1CCO[C@H]1c1ccc(F)c(F)c1. The van der Waals surface area contributed by atoms with Crippen LogP contribution in [0.4, 0.5) is 13.6 Å². The van der Waals surface area contributed by atoms with Gasteiger partial charge < -0.3 is 15.4 Å². The van der Waals surface area contributed by atoms with Gasteiger partial charge in [0.05, 0.1) is 12.2 Å². The van der Waals surface area contributed by atoms with Crippen molar-refractivity contribution in [2.75, 3.05) is 6.61 Å². The van der Waals surface area contributed by atoms with Crippen molar-refractivity contribution >= 4 is 6.03 Å².